The molecule has 78 valence electrons. The van der Waals surface area contributed by atoms with E-state index in [9.17, 15) is 0 Å². The van der Waals surface area contributed by atoms with Gasteiger partial charge in [0.15, 0.2) is 0 Å². The molecule has 1 saturated carbocycles. The van der Waals surface area contributed by atoms with Gasteiger partial charge in [-0.3, -0.25) is 0 Å². The van der Waals surface area contributed by atoms with Crippen molar-refractivity contribution in [2.24, 2.45) is 5.41 Å². The van der Waals surface area contributed by atoms with Gasteiger partial charge in [-0.05, 0) is 18.3 Å². The molecule has 1 N–H and O–H groups in total. The molecule has 0 amide bonds. The highest BCUT2D eigenvalue weighted by molar-refractivity contribution is 5.17. The minimum absolute atomic E-state index is 0.419. The van der Waals surface area contributed by atoms with E-state index in [-0.39, 0.29) is 0 Å². The fourth-order valence-corrected chi connectivity index (χ4v) is 2.06. The van der Waals surface area contributed by atoms with E-state index < -0.39 is 0 Å². The molecule has 0 unspecified atom stereocenters. The van der Waals surface area contributed by atoms with Crippen LogP contribution < -0.4 is 5.32 Å². The Morgan fingerprint density at radius 3 is 2.64 bits per heavy atom. The maximum Gasteiger partial charge on any atom is 0.315 e. The van der Waals surface area contributed by atoms with E-state index in [1.54, 1.807) is 6.92 Å². The van der Waals surface area contributed by atoms with Crippen molar-refractivity contribution in [3.05, 3.63) is 5.89 Å². The maximum atomic E-state index is 5.25. The fourth-order valence-electron chi connectivity index (χ4n) is 2.06. The van der Waals surface area contributed by atoms with Crippen LogP contribution in [-0.4, -0.2) is 16.7 Å². The van der Waals surface area contributed by atoms with Crippen molar-refractivity contribution in [2.45, 2.75) is 39.5 Å². The number of aryl methyl sites for hydroxylation is 1. The SMILES string of the molecule is Cc1nnc(NCC2(C)CCCC2)o1. The molecule has 0 radical (unpaired) electrons. The number of nitrogens with one attached hydrogen (secondary N) is 1. The van der Waals surface area contributed by atoms with Gasteiger partial charge in [-0.25, -0.2) is 0 Å². The van der Waals surface area contributed by atoms with Crippen LogP contribution in [0, 0.1) is 12.3 Å². The Kier molecular flexibility index (Phi) is 2.44. The zero-order valence-corrected chi connectivity index (χ0v) is 8.84. The van der Waals surface area contributed by atoms with Gasteiger partial charge < -0.3 is 9.73 Å². The Hall–Kier alpha value is -1.06. The van der Waals surface area contributed by atoms with Crippen LogP contribution >= 0.6 is 0 Å². The molecule has 2 rings (SSSR count). The number of hydrogen-bond acceptors (Lipinski definition) is 4. The summed E-state index contributed by atoms with van der Waals surface area (Å²) in [7, 11) is 0. The zero-order chi connectivity index (χ0) is 10.0. The van der Waals surface area contributed by atoms with Gasteiger partial charge in [-0.1, -0.05) is 24.9 Å². The highest BCUT2D eigenvalue weighted by Crippen LogP contribution is 2.37. The Balaban J connectivity index is 1.87. The molecule has 0 saturated heterocycles. The Labute approximate surface area is 84.1 Å². The highest BCUT2D eigenvalue weighted by Gasteiger charge is 2.28. The first-order valence-corrected chi connectivity index (χ1v) is 5.22. The Morgan fingerprint density at radius 2 is 2.07 bits per heavy atom. The molecule has 4 heteroatoms. The topological polar surface area (TPSA) is 51.0 Å². The van der Waals surface area contributed by atoms with Crippen molar-refractivity contribution >= 4 is 6.01 Å². The van der Waals surface area contributed by atoms with E-state index in [4.69, 9.17) is 4.42 Å². The number of aromatic nitrogens is 2. The summed E-state index contributed by atoms with van der Waals surface area (Å²) in [4.78, 5) is 0. The van der Waals surface area contributed by atoms with Gasteiger partial charge in [0.25, 0.3) is 0 Å². The van der Waals surface area contributed by atoms with Crippen LogP contribution in [0.2, 0.25) is 0 Å². The molecule has 0 aliphatic heterocycles. The number of hydrogen-bond donors (Lipinski definition) is 1. The molecule has 1 heterocycles. The van der Waals surface area contributed by atoms with E-state index in [2.05, 4.69) is 22.4 Å². The quantitative estimate of drug-likeness (QED) is 0.804. The summed E-state index contributed by atoms with van der Waals surface area (Å²) in [5.41, 5.74) is 0.419. The second kappa shape index (κ2) is 3.59. The molecule has 4 nitrogen and oxygen atoms in total. The first kappa shape index (κ1) is 9.49. The molecular weight excluding hydrogens is 178 g/mol. The monoisotopic (exact) mass is 195 g/mol. The van der Waals surface area contributed by atoms with Gasteiger partial charge in [-0.2, -0.15) is 0 Å². The smallest absolute Gasteiger partial charge is 0.315 e. The van der Waals surface area contributed by atoms with Crippen LogP contribution in [0.15, 0.2) is 4.42 Å². The van der Waals surface area contributed by atoms with Crippen molar-refractivity contribution in [1.29, 1.82) is 0 Å². The van der Waals surface area contributed by atoms with Crippen LogP contribution in [0.3, 0.4) is 0 Å². The van der Waals surface area contributed by atoms with E-state index >= 15 is 0 Å². The second-order valence-corrected chi connectivity index (χ2v) is 4.50. The average Bonchev–Trinajstić information content (AvgIpc) is 2.73. The normalized spacial score (nSPS) is 19.9. The second-order valence-electron chi connectivity index (χ2n) is 4.50. The van der Waals surface area contributed by atoms with Gasteiger partial charge in [0.2, 0.25) is 5.89 Å². The van der Waals surface area contributed by atoms with Gasteiger partial charge in [0.05, 0.1) is 0 Å². The summed E-state index contributed by atoms with van der Waals surface area (Å²) in [6, 6.07) is 0.552. The van der Waals surface area contributed by atoms with Crippen molar-refractivity contribution in [3.8, 4) is 0 Å². The Bertz CT molecular complexity index is 302. The predicted molar refractivity (Wildman–Crippen MR) is 54.1 cm³/mol. The Morgan fingerprint density at radius 1 is 1.36 bits per heavy atom. The lowest BCUT2D eigenvalue weighted by Crippen LogP contribution is -2.23. The standard InChI is InChI=1S/C10H17N3O/c1-8-12-13-9(14-8)11-7-10(2)5-3-4-6-10/h3-7H2,1-2H3,(H,11,13). The largest absolute Gasteiger partial charge is 0.408 e. The van der Waals surface area contributed by atoms with Crippen LogP contribution in [-0.2, 0) is 0 Å². The third-order valence-corrected chi connectivity index (χ3v) is 3.00. The van der Waals surface area contributed by atoms with Crippen LogP contribution in [0.5, 0.6) is 0 Å². The lowest BCUT2D eigenvalue weighted by Gasteiger charge is -2.22. The molecule has 1 aliphatic carbocycles. The molecule has 1 fully saturated rings. The van der Waals surface area contributed by atoms with E-state index in [1.807, 2.05) is 0 Å². The zero-order valence-electron chi connectivity index (χ0n) is 8.84. The van der Waals surface area contributed by atoms with Gasteiger partial charge in [0, 0.05) is 13.5 Å². The minimum atomic E-state index is 0.419. The van der Waals surface area contributed by atoms with Crippen LogP contribution in [0.1, 0.15) is 38.5 Å². The average molecular weight is 195 g/mol. The number of anilines is 1. The minimum Gasteiger partial charge on any atom is -0.408 e. The molecule has 0 aromatic carbocycles. The molecule has 0 spiro atoms. The van der Waals surface area contributed by atoms with Crippen LogP contribution in [0.25, 0.3) is 0 Å². The molecule has 14 heavy (non-hydrogen) atoms. The maximum absolute atomic E-state index is 5.25. The predicted octanol–water partition coefficient (Wildman–Crippen LogP) is 2.37. The summed E-state index contributed by atoms with van der Waals surface area (Å²) in [6.45, 7) is 5.06. The van der Waals surface area contributed by atoms with Crippen LogP contribution in [0.4, 0.5) is 6.01 Å². The molecule has 1 aliphatic rings. The highest BCUT2D eigenvalue weighted by atomic mass is 16.4. The lowest BCUT2D eigenvalue weighted by atomic mass is 9.89. The molecule has 0 bridgehead atoms. The van der Waals surface area contributed by atoms with Gasteiger partial charge in [0.1, 0.15) is 0 Å². The fraction of sp³-hybridized carbons (Fsp3) is 0.800. The van der Waals surface area contributed by atoms with Crippen molar-refractivity contribution < 1.29 is 4.42 Å². The van der Waals surface area contributed by atoms with E-state index in [0.717, 1.165) is 6.54 Å². The number of nitrogens with zero attached hydrogens (tertiary/aromatic N) is 2. The van der Waals surface area contributed by atoms with Crippen molar-refractivity contribution in [1.82, 2.24) is 10.2 Å². The third-order valence-electron chi connectivity index (χ3n) is 3.00. The van der Waals surface area contributed by atoms with Crippen molar-refractivity contribution in [2.75, 3.05) is 11.9 Å². The van der Waals surface area contributed by atoms with Crippen molar-refractivity contribution in [3.63, 3.8) is 0 Å². The molecule has 0 atom stereocenters. The van der Waals surface area contributed by atoms with E-state index in [1.165, 1.54) is 25.7 Å². The summed E-state index contributed by atoms with van der Waals surface area (Å²) in [5, 5.41) is 10.9. The lowest BCUT2D eigenvalue weighted by molar-refractivity contribution is 0.357. The number of rotatable bonds is 3. The molecule has 1 aromatic heterocycles. The van der Waals surface area contributed by atoms with Gasteiger partial charge in [-0.15, -0.1) is 5.10 Å². The summed E-state index contributed by atoms with van der Waals surface area (Å²) in [5.74, 6) is 0.615. The summed E-state index contributed by atoms with van der Waals surface area (Å²) in [6.07, 6.45) is 5.29. The first-order chi connectivity index (χ1) is 6.68. The van der Waals surface area contributed by atoms with E-state index in [0.29, 0.717) is 17.3 Å². The molecule has 1 aromatic rings. The third kappa shape index (κ3) is 2.05. The van der Waals surface area contributed by atoms with Gasteiger partial charge >= 0.3 is 6.01 Å². The first-order valence-electron chi connectivity index (χ1n) is 5.22. The molecular formula is C10H17N3O. The summed E-state index contributed by atoms with van der Waals surface area (Å²) < 4.78 is 5.25. The summed E-state index contributed by atoms with van der Waals surface area (Å²) >= 11 is 0.